The Morgan fingerprint density at radius 2 is 1.88 bits per heavy atom. The molecule has 0 atom stereocenters. The normalized spacial score (nSPS) is 9.75. The van der Waals surface area contributed by atoms with E-state index in [4.69, 9.17) is 0 Å². The number of hydrogen-bond acceptors (Lipinski definition) is 1. The third-order valence-corrected chi connectivity index (χ3v) is 1.04. The standard InChI is InChI=1S/C7H14O/c1-3-4-5-6-7-8-2/h1-7H2. The van der Waals surface area contributed by atoms with Gasteiger partial charge in [-0.25, -0.2) is 0 Å². The Morgan fingerprint density at radius 3 is 2.38 bits per heavy atom. The Hall–Kier alpha value is -0.0400. The summed E-state index contributed by atoms with van der Waals surface area (Å²) in [6.45, 7) is 4.52. The maximum atomic E-state index is 4.62. The van der Waals surface area contributed by atoms with Crippen molar-refractivity contribution in [2.45, 2.75) is 25.7 Å². The van der Waals surface area contributed by atoms with E-state index >= 15 is 0 Å². The fraction of sp³-hybridized carbons (Fsp3) is 0.714. The molecule has 0 N–H and O–H groups in total. The van der Waals surface area contributed by atoms with Crippen molar-refractivity contribution >= 4 is 0 Å². The van der Waals surface area contributed by atoms with Gasteiger partial charge in [-0.3, -0.25) is 0 Å². The summed E-state index contributed by atoms with van der Waals surface area (Å²) >= 11 is 0. The van der Waals surface area contributed by atoms with Crippen LogP contribution >= 0.6 is 0 Å². The summed E-state index contributed by atoms with van der Waals surface area (Å²) in [7, 11) is 3.27. The van der Waals surface area contributed by atoms with E-state index in [1.165, 1.54) is 12.8 Å². The van der Waals surface area contributed by atoms with Crippen LogP contribution in [0, 0.1) is 14.0 Å². The Bertz CT molecular complexity index is 29.4. The van der Waals surface area contributed by atoms with Gasteiger partial charge in [0.1, 0.15) is 0 Å². The van der Waals surface area contributed by atoms with Crippen molar-refractivity contribution in [2.24, 2.45) is 0 Å². The van der Waals surface area contributed by atoms with Gasteiger partial charge >= 0.3 is 0 Å². The third kappa shape index (κ3) is 5.96. The average molecular weight is 114 g/mol. The first-order valence-corrected chi connectivity index (χ1v) is 3.08. The maximum Gasteiger partial charge on any atom is 0.0700 e. The van der Waals surface area contributed by atoms with E-state index in [-0.39, 0.29) is 0 Å². The molecule has 0 aliphatic heterocycles. The molecule has 2 radical (unpaired) electrons. The lowest BCUT2D eigenvalue weighted by Crippen LogP contribution is -1.85. The Kier molecular flexibility index (Phi) is 6.93. The molecule has 0 aliphatic carbocycles. The molecule has 0 amide bonds. The smallest absolute Gasteiger partial charge is 0.0700 e. The first-order chi connectivity index (χ1) is 3.91. The topological polar surface area (TPSA) is 9.23 Å². The second-order valence-corrected chi connectivity index (χ2v) is 1.82. The maximum absolute atomic E-state index is 4.62. The monoisotopic (exact) mass is 114 g/mol. The van der Waals surface area contributed by atoms with Crippen LogP contribution in [0.4, 0.5) is 0 Å². The largest absolute Gasteiger partial charge is 0.379 e. The first kappa shape index (κ1) is 7.96. The molecule has 0 aromatic heterocycles. The number of rotatable bonds is 5. The van der Waals surface area contributed by atoms with Gasteiger partial charge in [-0.15, -0.1) is 0 Å². The van der Waals surface area contributed by atoms with Crippen LogP contribution in [0.15, 0.2) is 0 Å². The highest BCUT2D eigenvalue weighted by molar-refractivity contribution is 4.42. The lowest BCUT2D eigenvalue weighted by molar-refractivity contribution is 0.234. The number of unbranched alkanes of at least 4 members (excludes halogenated alkanes) is 3. The third-order valence-electron chi connectivity index (χ3n) is 1.04. The van der Waals surface area contributed by atoms with Gasteiger partial charge < -0.3 is 4.74 Å². The van der Waals surface area contributed by atoms with Crippen molar-refractivity contribution in [3.8, 4) is 0 Å². The van der Waals surface area contributed by atoms with E-state index < -0.39 is 0 Å². The zero-order valence-electron chi connectivity index (χ0n) is 5.36. The van der Waals surface area contributed by atoms with Gasteiger partial charge in [0, 0.05) is 6.61 Å². The van der Waals surface area contributed by atoms with Crippen LogP contribution in [0.25, 0.3) is 0 Å². The lowest BCUT2D eigenvalue weighted by atomic mass is 10.2. The molecule has 48 valence electrons. The van der Waals surface area contributed by atoms with Crippen molar-refractivity contribution in [2.75, 3.05) is 6.61 Å². The Morgan fingerprint density at radius 1 is 1.12 bits per heavy atom. The Balaban J connectivity index is 2.53. The summed E-state index contributed by atoms with van der Waals surface area (Å²) in [4.78, 5) is 0. The molecule has 0 heterocycles. The molecule has 1 nitrogen and oxygen atoms in total. The average Bonchev–Trinajstić information content (AvgIpc) is 1.81. The van der Waals surface area contributed by atoms with E-state index in [1.807, 2.05) is 0 Å². The summed E-state index contributed by atoms with van der Waals surface area (Å²) in [5, 5.41) is 0. The van der Waals surface area contributed by atoms with Crippen LogP contribution < -0.4 is 0 Å². The zero-order chi connectivity index (χ0) is 6.24. The molecule has 0 saturated heterocycles. The van der Waals surface area contributed by atoms with Crippen molar-refractivity contribution < 1.29 is 4.74 Å². The molecule has 0 spiro atoms. The molecule has 0 aromatic carbocycles. The minimum absolute atomic E-state index is 0.792. The van der Waals surface area contributed by atoms with Crippen LogP contribution in [-0.2, 0) is 4.74 Å². The van der Waals surface area contributed by atoms with E-state index in [0.717, 1.165) is 19.4 Å². The molecule has 1 heteroatoms. The highest BCUT2D eigenvalue weighted by Crippen LogP contribution is 1.97. The number of hydrogen-bond donors (Lipinski definition) is 0. The van der Waals surface area contributed by atoms with Crippen molar-refractivity contribution in [1.29, 1.82) is 0 Å². The van der Waals surface area contributed by atoms with Crippen molar-refractivity contribution in [1.82, 2.24) is 0 Å². The zero-order valence-corrected chi connectivity index (χ0v) is 5.36. The molecule has 0 unspecified atom stereocenters. The van der Waals surface area contributed by atoms with E-state index in [0.29, 0.717) is 0 Å². The van der Waals surface area contributed by atoms with Gasteiger partial charge in [0.15, 0.2) is 0 Å². The van der Waals surface area contributed by atoms with E-state index in [2.05, 4.69) is 18.8 Å². The Labute approximate surface area is 52.0 Å². The molecule has 8 heavy (non-hydrogen) atoms. The molecular formula is C7H14O. The predicted octanol–water partition coefficient (Wildman–Crippen LogP) is 2.19. The summed E-state index contributed by atoms with van der Waals surface area (Å²) in [6, 6.07) is 0. The van der Waals surface area contributed by atoms with Crippen molar-refractivity contribution in [3.05, 3.63) is 14.0 Å². The fourth-order valence-corrected chi connectivity index (χ4v) is 0.558. The van der Waals surface area contributed by atoms with Gasteiger partial charge in [-0.1, -0.05) is 26.2 Å². The second-order valence-electron chi connectivity index (χ2n) is 1.82. The van der Waals surface area contributed by atoms with E-state index in [1.54, 1.807) is 0 Å². The molecule has 0 aliphatic rings. The quantitative estimate of drug-likeness (QED) is 0.498. The summed E-state index contributed by atoms with van der Waals surface area (Å²) in [6.07, 6.45) is 4.60. The summed E-state index contributed by atoms with van der Waals surface area (Å²) < 4.78 is 4.62. The molecule has 0 aromatic rings. The minimum atomic E-state index is 0.792. The van der Waals surface area contributed by atoms with Gasteiger partial charge in [-0.05, 0) is 6.42 Å². The molecular weight excluding hydrogens is 100 g/mol. The van der Waals surface area contributed by atoms with E-state index in [9.17, 15) is 0 Å². The minimum Gasteiger partial charge on any atom is -0.379 e. The van der Waals surface area contributed by atoms with Crippen molar-refractivity contribution in [3.63, 3.8) is 0 Å². The van der Waals surface area contributed by atoms with Crippen LogP contribution in [-0.4, -0.2) is 6.61 Å². The lowest BCUT2D eigenvalue weighted by Gasteiger charge is -1.94. The predicted molar refractivity (Wildman–Crippen MR) is 35.1 cm³/mol. The van der Waals surface area contributed by atoms with Crippen LogP contribution in [0.1, 0.15) is 25.7 Å². The second kappa shape index (κ2) is 6.96. The van der Waals surface area contributed by atoms with Gasteiger partial charge in [0.25, 0.3) is 0 Å². The van der Waals surface area contributed by atoms with Gasteiger partial charge in [0.2, 0.25) is 0 Å². The first-order valence-electron chi connectivity index (χ1n) is 3.08. The summed E-state index contributed by atoms with van der Waals surface area (Å²) in [5.41, 5.74) is 0. The summed E-state index contributed by atoms with van der Waals surface area (Å²) in [5.74, 6) is 0. The SMILES string of the molecule is [CH2]CCCCCO[CH2]. The van der Waals surface area contributed by atoms with Crippen LogP contribution in [0.5, 0.6) is 0 Å². The molecule has 0 saturated carbocycles. The van der Waals surface area contributed by atoms with Gasteiger partial charge in [-0.2, -0.15) is 0 Å². The van der Waals surface area contributed by atoms with Crippen LogP contribution in [0.3, 0.4) is 0 Å². The molecule has 0 bridgehead atoms. The number of ether oxygens (including phenoxy) is 1. The molecule has 0 rings (SSSR count). The van der Waals surface area contributed by atoms with Crippen LogP contribution in [0.2, 0.25) is 0 Å². The highest BCUT2D eigenvalue weighted by Gasteiger charge is 1.83. The molecule has 0 fully saturated rings. The highest BCUT2D eigenvalue weighted by atomic mass is 16.5. The fourth-order valence-electron chi connectivity index (χ4n) is 0.558. The van der Waals surface area contributed by atoms with Gasteiger partial charge in [0.05, 0.1) is 7.11 Å².